The van der Waals surface area contributed by atoms with E-state index < -0.39 is 46.5 Å². The summed E-state index contributed by atoms with van der Waals surface area (Å²) in [6.07, 6.45) is 5.75. The topological polar surface area (TPSA) is 83.8 Å². The summed E-state index contributed by atoms with van der Waals surface area (Å²) in [5.41, 5.74) is -4.51. The second-order valence-electron chi connectivity index (χ2n) is 10.2. The molecule has 0 aromatic carbocycles. The van der Waals surface area contributed by atoms with Gasteiger partial charge in [0.2, 0.25) is 0 Å². The first-order valence-electron chi connectivity index (χ1n) is 11.1. The molecule has 6 heteroatoms. The molecule has 4 aliphatic carbocycles. The number of rotatable bonds is 4. The van der Waals surface area contributed by atoms with Crippen LogP contribution in [0.4, 0.5) is 4.39 Å². The molecule has 8 atom stereocenters. The summed E-state index contributed by atoms with van der Waals surface area (Å²) in [5, 5.41) is 21.2. The van der Waals surface area contributed by atoms with Crippen LogP contribution in [0.25, 0.3) is 0 Å². The minimum Gasteiger partial charge on any atom is -0.388 e. The standard InChI is InChI=1S/C24H33FO5/c1-5-30-20-12-22(4)18(10-14(2)24(22,29)19(28)13-26)17-7-6-15-11-16(27)8-9-21(15,3)23(17,20)25/h8-9,11,14,17-18,20,26,29H,5-7,10,12-13H2,1-4H3/t14-,17+,18+,20+,21+,22+,23+,24+/m1/s1. The molecule has 0 amide bonds. The molecule has 166 valence electrons. The smallest absolute Gasteiger partial charge is 0.190 e. The fourth-order valence-electron chi connectivity index (χ4n) is 7.61. The van der Waals surface area contributed by atoms with Crippen molar-refractivity contribution in [2.45, 2.75) is 70.8 Å². The summed E-state index contributed by atoms with van der Waals surface area (Å²) < 4.78 is 23.4. The number of allylic oxidation sites excluding steroid dienone is 4. The summed E-state index contributed by atoms with van der Waals surface area (Å²) in [6.45, 7) is 6.94. The van der Waals surface area contributed by atoms with Crippen LogP contribution in [0.3, 0.4) is 0 Å². The first kappa shape index (κ1) is 21.8. The fraction of sp³-hybridized carbons (Fsp3) is 0.750. The summed E-state index contributed by atoms with van der Waals surface area (Å²) in [5.74, 6) is -1.73. The first-order chi connectivity index (χ1) is 14.0. The number of ketones is 2. The van der Waals surface area contributed by atoms with Crippen LogP contribution in [0, 0.1) is 28.6 Å². The predicted octanol–water partition coefficient (Wildman–Crippen LogP) is 2.94. The Morgan fingerprint density at radius 1 is 1.33 bits per heavy atom. The molecular weight excluding hydrogens is 387 g/mol. The van der Waals surface area contributed by atoms with Crippen molar-refractivity contribution in [2.24, 2.45) is 28.6 Å². The number of hydrogen-bond donors (Lipinski definition) is 2. The molecule has 4 aliphatic rings. The summed E-state index contributed by atoms with van der Waals surface area (Å²) in [7, 11) is 0. The van der Waals surface area contributed by atoms with E-state index >= 15 is 4.39 Å². The highest BCUT2D eigenvalue weighted by Gasteiger charge is 2.75. The van der Waals surface area contributed by atoms with E-state index in [1.165, 1.54) is 6.08 Å². The molecule has 3 fully saturated rings. The van der Waals surface area contributed by atoms with E-state index in [9.17, 15) is 19.8 Å². The second kappa shape index (κ2) is 6.81. The zero-order chi connectivity index (χ0) is 22.1. The Morgan fingerprint density at radius 3 is 2.67 bits per heavy atom. The number of fused-ring (bicyclic) bond motifs is 5. The lowest BCUT2D eigenvalue weighted by atomic mass is 9.44. The SMILES string of the molecule is CCO[C@H]1C[C@@]2(C)[C@@H](C[C@@H](C)[C@]2(O)C(=O)CO)[C@@H]2CCC3=CC(=O)C=C[C@]3(C)[C@@]12F. The molecule has 2 N–H and O–H groups in total. The van der Waals surface area contributed by atoms with Gasteiger partial charge in [0.15, 0.2) is 17.2 Å². The molecular formula is C24H33FO5. The minimum atomic E-state index is -1.75. The van der Waals surface area contributed by atoms with Crippen LogP contribution >= 0.6 is 0 Å². The molecule has 0 aliphatic heterocycles. The van der Waals surface area contributed by atoms with Crippen molar-refractivity contribution in [1.29, 1.82) is 0 Å². The lowest BCUT2D eigenvalue weighted by molar-refractivity contribution is -0.230. The minimum absolute atomic E-state index is 0.115. The van der Waals surface area contributed by atoms with Crippen molar-refractivity contribution in [3.63, 3.8) is 0 Å². The number of alkyl halides is 1. The van der Waals surface area contributed by atoms with Crippen LogP contribution in [-0.2, 0) is 14.3 Å². The van der Waals surface area contributed by atoms with Gasteiger partial charge in [-0.25, -0.2) is 4.39 Å². The van der Waals surface area contributed by atoms with Crippen molar-refractivity contribution < 1.29 is 28.9 Å². The van der Waals surface area contributed by atoms with E-state index in [0.717, 1.165) is 5.57 Å². The maximum Gasteiger partial charge on any atom is 0.190 e. The van der Waals surface area contributed by atoms with E-state index in [-0.39, 0.29) is 24.0 Å². The quantitative estimate of drug-likeness (QED) is 0.731. The van der Waals surface area contributed by atoms with E-state index in [1.54, 1.807) is 12.2 Å². The molecule has 0 bridgehead atoms. The van der Waals surface area contributed by atoms with Gasteiger partial charge in [0.25, 0.3) is 0 Å². The number of carbonyl (C=O) groups excluding carboxylic acids is 2. The molecule has 0 radical (unpaired) electrons. The Morgan fingerprint density at radius 2 is 2.03 bits per heavy atom. The van der Waals surface area contributed by atoms with E-state index in [2.05, 4.69) is 0 Å². The lowest BCUT2D eigenvalue weighted by Gasteiger charge is -2.63. The number of aliphatic hydroxyl groups is 2. The zero-order valence-corrected chi connectivity index (χ0v) is 18.3. The van der Waals surface area contributed by atoms with Crippen molar-refractivity contribution >= 4 is 11.6 Å². The van der Waals surface area contributed by atoms with Gasteiger partial charge in [-0.15, -0.1) is 0 Å². The van der Waals surface area contributed by atoms with Gasteiger partial charge >= 0.3 is 0 Å². The van der Waals surface area contributed by atoms with Gasteiger partial charge in [-0.05, 0) is 63.5 Å². The van der Waals surface area contributed by atoms with Crippen molar-refractivity contribution in [2.75, 3.05) is 13.2 Å². The highest BCUT2D eigenvalue weighted by molar-refractivity contribution is 6.01. The Labute approximate surface area is 177 Å². The Bertz CT molecular complexity index is 835. The summed E-state index contributed by atoms with van der Waals surface area (Å²) in [6, 6.07) is 0. The van der Waals surface area contributed by atoms with Crippen LogP contribution < -0.4 is 0 Å². The van der Waals surface area contributed by atoms with Crippen LogP contribution in [0.15, 0.2) is 23.8 Å². The third-order valence-electron chi connectivity index (χ3n) is 9.13. The third-order valence-corrected chi connectivity index (χ3v) is 9.13. The van der Waals surface area contributed by atoms with Crippen LogP contribution in [0.5, 0.6) is 0 Å². The number of carbonyl (C=O) groups is 2. The molecule has 0 heterocycles. The molecule has 0 unspecified atom stereocenters. The Hall–Kier alpha value is -1.37. The number of Topliss-reactive ketones (excluding diaryl/α,β-unsaturated/α-hetero) is 1. The van der Waals surface area contributed by atoms with Crippen LogP contribution in [0.2, 0.25) is 0 Å². The lowest BCUT2D eigenvalue weighted by Crippen LogP contribution is -2.70. The first-order valence-corrected chi connectivity index (χ1v) is 11.1. The maximum atomic E-state index is 17.4. The highest BCUT2D eigenvalue weighted by atomic mass is 19.1. The zero-order valence-electron chi connectivity index (χ0n) is 18.3. The molecule has 0 spiro atoms. The summed E-state index contributed by atoms with van der Waals surface area (Å²) in [4.78, 5) is 24.7. The number of ether oxygens (including phenoxy) is 1. The van der Waals surface area contributed by atoms with E-state index in [4.69, 9.17) is 4.74 Å². The number of halogens is 1. The van der Waals surface area contributed by atoms with Gasteiger partial charge in [0.05, 0.1) is 6.10 Å². The largest absolute Gasteiger partial charge is 0.388 e. The predicted molar refractivity (Wildman–Crippen MR) is 109 cm³/mol. The van der Waals surface area contributed by atoms with Crippen LogP contribution in [-0.4, -0.2) is 52.4 Å². The number of hydrogen-bond acceptors (Lipinski definition) is 5. The molecule has 0 aromatic heterocycles. The molecule has 4 rings (SSSR count). The molecule has 30 heavy (non-hydrogen) atoms. The normalized spacial score (nSPS) is 49.8. The average Bonchev–Trinajstić information content (AvgIpc) is 2.90. The van der Waals surface area contributed by atoms with E-state index in [0.29, 0.717) is 25.9 Å². The Kier molecular flexibility index (Phi) is 4.96. The van der Waals surface area contributed by atoms with Gasteiger partial charge in [-0.1, -0.05) is 25.5 Å². The van der Waals surface area contributed by atoms with Crippen molar-refractivity contribution in [1.82, 2.24) is 0 Å². The van der Waals surface area contributed by atoms with Gasteiger partial charge < -0.3 is 14.9 Å². The molecule has 5 nitrogen and oxygen atoms in total. The van der Waals surface area contributed by atoms with Crippen molar-refractivity contribution in [3.8, 4) is 0 Å². The third kappa shape index (κ3) is 2.39. The fourth-order valence-corrected chi connectivity index (χ4v) is 7.61. The van der Waals surface area contributed by atoms with Gasteiger partial charge in [0.1, 0.15) is 12.2 Å². The molecule has 3 saturated carbocycles. The second-order valence-corrected chi connectivity index (χ2v) is 10.2. The Balaban J connectivity index is 1.87. The van der Waals surface area contributed by atoms with Gasteiger partial charge in [-0.3, -0.25) is 9.59 Å². The van der Waals surface area contributed by atoms with Gasteiger partial charge in [-0.2, -0.15) is 0 Å². The molecule has 0 saturated heterocycles. The average molecular weight is 421 g/mol. The van der Waals surface area contributed by atoms with Gasteiger partial charge in [0, 0.05) is 23.4 Å². The van der Waals surface area contributed by atoms with Crippen LogP contribution in [0.1, 0.15) is 53.4 Å². The van der Waals surface area contributed by atoms with Crippen molar-refractivity contribution in [3.05, 3.63) is 23.8 Å². The number of aliphatic hydroxyl groups excluding tert-OH is 1. The molecule has 0 aromatic rings. The van der Waals surface area contributed by atoms with E-state index in [1.807, 2.05) is 27.7 Å². The summed E-state index contributed by atoms with van der Waals surface area (Å²) >= 11 is 0. The maximum absolute atomic E-state index is 17.4. The highest BCUT2D eigenvalue weighted by Crippen LogP contribution is 2.71. The monoisotopic (exact) mass is 420 g/mol.